The highest BCUT2D eigenvalue weighted by Gasteiger charge is 2.10. The largest absolute Gasteiger partial charge is 0.313 e. The maximum absolute atomic E-state index is 4.57. The standard InChI is InChI=1S/C19H20N2/c1-20-18(12-11-15-7-3-2-4-8-15)17-13-16-9-5-6-10-19(16)21-14-17/h2-10,13-14,18,20H,11-12H2,1H3. The second kappa shape index (κ2) is 6.51. The number of fused-ring (bicyclic) bond motifs is 1. The molecule has 3 rings (SSSR count). The summed E-state index contributed by atoms with van der Waals surface area (Å²) in [6.45, 7) is 0. The van der Waals surface area contributed by atoms with Crippen molar-refractivity contribution in [2.24, 2.45) is 0 Å². The predicted molar refractivity (Wildman–Crippen MR) is 88.3 cm³/mol. The monoisotopic (exact) mass is 276 g/mol. The molecule has 1 atom stereocenters. The van der Waals surface area contributed by atoms with E-state index >= 15 is 0 Å². The van der Waals surface area contributed by atoms with Crippen molar-refractivity contribution in [3.8, 4) is 0 Å². The predicted octanol–water partition coefficient (Wildman–Crippen LogP) is 4.13. The first-order chi connectivity index (χ1) is 10.4. The van der Waals surface area contributed by atoms with E-state index in [1.807, 2.05) is 19.3 Å². The molecule has 0 aliphatic carbocycles. The fraction of sp³-hybridized carbons (Fsp3) is 0.211. The molecule has 0 saturated heterocycles. The van der Waals surface area contributed by atoms with Gasteiger partial charge in [-0.15, -0.1) is 0 Å². The zero-order valence-electron chi connectivity index (χ0n) is 12.3. The summed E-state index contributed by atoms with van der Waals surface area (Å²) in [5.74, 6) is 0. The van der Waals surface area contributed by atoms with E-state index in [4.69, 9.17) is 0 Å². The maximum Gasteiger partial charge on any atom is 0.0702 e. The zero-order valence-corrected chi connectivity index (χ0v) is 12.3. The number of hydrogen-bond acceptors (Lipinski definition) is 2. The smallest absolute Gasteiger partial charge is 0.0702 e. The van der Waals surface area contributed by atoms with Gasteiger partial charge in [0.1, 0.15) is 0 Å². The van der Waals surface area contributed by atoms with Crippen LogP contribution in [0, 0.1) is 0 Å². The van der Waals surface area contributed by atoms with Crippen molar-refractivity contribution in [3.05, 3.63) is 78.0 Å². The van der Waals surface area contributed by atoms with Gasteiger partial charge in [-0.3, -0.25) is 4.98 Å². The number of hydrogen-bond donors (Lipinski definition) is 1. The molecule has 0 aliphatic heterocycles. The molecule has 21 heavy (non-hydrogen) atoms. The molecule has 106 valence electrons. The average Bonchev–Trinajstić information content (AvgIpc) is 2.56. The van der Waals surface area contributed by atoms with Crippen LogP contribution < -0.4 is 5.32 Å². The van der Waals surface area contributed by atoms with Gasteiger partial charge in [-0.05, 0) is 43.1 Å². The van der Waals surface area contributed by atoms with Gasteiger partial charge in [-0.25, -0.2) is 0 Å². The van der Waals surface area contributed by atoms with Crippen LogP contribution in [0.3, 0.4) is 0 Å². The van der Waals surface area contributed by atoms with Gasteiger partial charge in [0.2, 0.25) is 0 Å². The van der Waals surface area contributed by atoms with E-state index in [9.17, 15) is 0 Å². The fourth-order valence-corrected chi connectivity index (χ4v) is 2.71. The topological polar surface area (TPSA) is 24.9 Å². The number of aryl methyl sites for hydroxylation is 1. The van der Waals surface area contributed by atoms with E-state index in [0.717, 1.165) is 18.4 Å². The minimum absolute atomic E-state index is 0.335. The molecule has 0 aliphatic rings. The number of para-hydroxylation sites is 1. The van der Waals surface area contributed by atoms with Crippen molar-refractivity contribution in [1.29, 1.82) is 0 Å². The van der Waals surface area contributed by atoms with E-state index in [1.54, 1.807) is 0 Å². The molecular formula is C19H20N2. The number of benzene rings is 2. The van der Waals surface area contributed by atoms with Gasteiger partial charge >= 0.3 is 0 Å². The normalized spacial score (nSPS) is 12.4. The van der Waals surface area contributed by atoms with Crippen LogP contribution in [0.1, 0.15) is 23.6 Å². The molecule has 0 bridgehead atoms. The summed E-state index contributed by atoms with van der Waals surface area (Å²) in [6, 6.07) is 21.5. The zero-order chi connectivity index (χ0) is 14.5. The Hall–Kier alpha value is -2.19. The van der Waals surface area contributed by atoms with Crippen LogP contribution in [0.15, 0.2) is 66.9 Å². The Kier molecular flexibility index (Phi) is 4.27. The molecule has 1 aromatic heterocycles. The van der Waals surface area contributed by atoms with Gasteiger partial charge in [-0.1, -0.05) is 48.5 Å². The Morgan fingerprint density at radius 3 is 2.57 bits per heavy atom. The second-order valence-electron chi connectivity index (χ2n) is 5.33. The van der Waals surface area contributed by atoms with Gasteiger partial charge < -0.3 is 5.32 Å². The Balaban J connectivity index is 1.78. The van der Waals surface area contributed by atoms with Crippen LogP contribution >= 0.6 is 0 Å². The lowest BCUT2D eigenvalue weighted by molar-refractivity contribution is 0.548. The summed E-state index contributed by atoms with van der Waals surface area (Å²) in [5, 5.41) is 4.62. The van der Waals surface area contributed by atoms with Crippen molar-refractivity contribution in [2.45, 2.75) is 18.9 Å². The molecule has 2 nitrogen and oxygen atoms in total. The van der Waals surface area contributed by atoms with Crippen LogP contribution in [0.25, 0.3) is 10.9 Å². The lowest BCUT2D eigenvalue weighted by atomic mass is 9.99. The van der Waals surface area contributed by atoms with E-state index in [-0.39, 0.29) is 0 Å². The number of aromatic nitrogens is 1. The van der Waals surface area contributed by atoms with Gasteiger partial charge in [0, 0.05) is 17.6 Å². The Morgan fingerprint density at radius 1 is 1.00 bits per heavy atom. The highest BCUT2D eigenvalue weighted by molar-refractivity contribution is 5.78. The minimum atomic E-state index is 0.335. The van der Waals surface area contributed by atoms with Crippen molar-refractivity contribution >= 4 is 10.9 Å². The highest BCUT2D eigenvalue weighted by Crippen LogP contribution is 2.22. The van der Waals surface area contributed by atoms with E-state index in [2.05, 4.69) is 64.9 Å². The lowest BCUT2D eigenvalue weighted by Crippen LogP contribution is -2.17. The molecule has 2 aromatic carbocycles. The maximum atomic E-state index is 4.57. The number of pyridine rings is 1. The van der Waals surface area contributed by atoms with Crippen LogP contribution in [-0.4, -0.2) is 12.0 Å². The van der Waals surface area contributed by atoms with Crippen LogP contribution in [-0.2, 0) is 6.42 Å². The molecule has 0 amide bonds. The first-order valence-corrected chi connectivity index (χ1v) is 7.43. The Labute approximate surface area is 125 Å². The molecule has 0 fully saturated rings. The summed E-state index contributed by atoms with van der Waals surface area (Å²) in [4.78, 5) is 4.57. The van der Waals surface area contributed by atoms with Crippen molar-refractivity contribution < 1.29 is 0 Å². The third kappa shape index (κ3) is 3.29. The average molecular weight is 276 g/mol. The molecule has 1 heterocycles. The lowest BCUT2D eigenvalue weighted by Gasteiger charge is -2.17. The third-order valence-electron chi connectivity index (χ3n) is 3.93. The fourth-order valence-electron chi connectivity index (χ4n) is 2.71. The van der Waals surface area contributed by atoms with E-state index in [0.29, 0.717) is 6.04 Å². The summed E-state index contributed by atoms with van der Waals surface area (Å²) >= 11 is 0. The molecular weight excluding hydrogens is 256 g/mol. The van der Waals surface area contributed by atoms with Gasteiger partial charge in [0.15, 0.2) is 0 Å². The Bertz CT molecular complexity index is 707. The minimum Gasteiger partial charge on any atom is -0.313 e. The molecule has 1 N–H and O–H groups in total. The first-order valence-electron chi connectivity index (χ1n) is 7.43. The van der Waals surface area contributed by atoms with Crippen molar-refractivity contribution in [3.63, 3.8) is 0 Å². The second-order valence-corrected chi connectivity index (χ2v) is 5.33. The summed E-state index contributed by atoms with van der Waals surface area (Å²) in [6.07, 6.45) is 4.13. The summed E-state index contributed by atoms with van der Waals surface area (Å²) in [5.41, 5.74) is 3.69. The van der Waals surface area contributed by atoms with Gasteiger partial charge in [0.05, 0.1) is 5.52 Å². The molecule has 2 heteroatoms. The van der Waals surface area contributed by atoms with Crippen LogP contribution in [0.5, 0.6) is 0 Å². The van der Waals surface area contributed by atoms with Crippen molar-refractivity contribution in [1.82, 2.24) is 10.3 Å². The molecule has 0 saturated carbocycles. The van der Waals surface area contributed by atoms with E-state index in [1.165, 1.54) is 16.5 Å². The number of rotatable bonds is 5. The van der Waals surface area contributed by atoms with Gasteiger partial charge in [0.25, 0.3) is 0 Å². The molecule has 1 unspecified atom stereocenters. The summed E-state index contributed by atoms with van der Waals surface area (Å²) in [7, 11) is 2.02. The van der Waals surface area contributed by atoms with Crippen LogP contribution in [0.4, 0.5) is 0 Å². The van der Waals surface area contributed by atoms with E-state index < -0.39 is 0 Å². The number of nitrogens with zero attached hydrogens (tertiary/aromatic N) is 1. The van der Waals surface area contributed by atoms with Gasteiger partial charge in [-0.2, -0.15) is 0 Å². The number of nitrogens with one attached hydrogen (secondary N) is 1. The third-order valence-corrected chi connectivity index (χ3v) is 3.93. The SMILES string of the molecule is CNC(CCc1ccccc1)c1cnc2ccccc2c1. The molecule has 0 spiro atoms. The summed E-state index contributed by atoms with van der Waals surface area (Å²) < 4.78 is 0. The molecule has 0 radical (unpaired) electrons. The highest BCUT2D eigenvalue weighted by atomic mass is 14.9. The first kappa shape index (κ1) is 13.8. The van der Waals surface area contributed by atoms with Crippen LogP contribution in [0.2, 0.25) is 0 Å². The molecule has 3 aromatic rings. The quantitative estimate of drug-likeness (QED) is 0.758. The van der Waals surface area contributed by atoms with Crippen molar-refractivity contribution in [2.75, 3.05) is 7.05 Å². The Morgan fingerprint density at radius 2 is 1.76 bits per heavy atom.